The number of thiazole rings is 1. The number of carbonyl (C=O) groups excluding carboxylic acids is 1. The van der Waals surface area contributed by atoms with Gasteiger partial charge in [0, 0.05) is 16.8 Å². The van der Waals surface area contributed by atoms with Gasteiger partial charge >= 0.3 is 0 Å². The topological polar surface area (TPSA) is 92.9 Å². The number of nitrogens with zero attached hydrogens (tertiary/aromatic N) is 2. The van der Waals surface area contributed by atoms with Crippen molar-refractivity contribution in [3.63, 3.8) is 0 Å². The molecule has 0 atom stereocenters. The highest BCUT2D eigenvalue weighted by molar-refractivity contribution is 7.15. The largest absolute Gasteiger partial charge is 0.323 e. The average Bonchev–Trinajstić information content (AvgIpc) is 2.67. The molecule has 2 aromatic heterocycles. The first kappa shape index (κ1) is 13.4. The van der Waals surface area contributed by atoms with Gasteiger partial charge in [-0.25, -0.2) is 4.98 Å². The highest BCUT2D eigenvalue weighted by Gasteiger charge is 2.14. The highest BCUT2D eigenvalue weighted by atomic mass is 32.1. The Morgan fingerprint density at radius 2 is 2.11 bits per heavy atom. The van der Waals surface area contributed by atoms with Crippen LogP contribution in [0.4, 0.5) is 10.8 Å². The lowest BCUT2D eigenvalue weighted by Crippen LogP contribution is -2.17. The molecular formula is C12H15N5OS. The smallest absolute Gasteiger partial charge is 0.261 e. The van der Waals surface area contributed by atoms with Crippen molar-refractivity contribution in [3.8, 4) is 0 Å². The van der Waals surface area contributed by atoms with Crippen LogP contribution in [0.25, 0.3) is 0 Å². The van der Waals surface area contributed by atoms with Crippen LogP contribution < -0.4 is 16.6 Å². The molecule has 0 fully saturated rings. The molecule has 0 bridgehead atoms. The van der Waals surface area contributed by atoms with Gasteiger partial charge in [-0.2, -0.15) is 0 Å². The summed E-state index contributed by atoms with van der Waals surface area (Å²) in [5.41, 5.74) is 5.13. The molecule has 7 heteroatoms. The van der Waals surface area contributed by atoms with Crippen LogP contribution in [0.2, 0.25) is 0 Å². The van der Waals surface area contributed by atoms with E-state index in [0.717, 1.165) is 16.3 Å². The van der Waals surface area contributed by atoms with Gasteiger partial charge in [0.15, 0.2) is 5.13 Å². The van der Waals surface area contributed by atoms with Crippen LogP contribution in [0, 0.1) is 20.8 Å². The number of hydrogen-bond acceptors (Lipinski definition) is 6. The first-order valence-corrected chi connectivity index (χ1v) is 6.51. The second kappa shape index (κ2) is 5.33. The maximum atomic E-state index is 12.1. The number of rotatable bonds is 3. The second-order valence-electron chi connectivity index (χ2n) is 4.13. The fourth-order valence-electron chi connectivity index (χ4n) is 1.55. The van der Waals surface area contributed by atoms with E-state index >= 15 is 0 Å². The number of pyridine rings is 1. The number of aromatic nitrogens is 2. The fraction of sp³-hybridized carbons (Fsp3) is 0.250. The zero-order chi connectivity index (χ0) is 14.0. The van der Waals surface area contributed by atoms with Crippen molar-refractivity contribution in [2.75, 3.05) is 10.7 Å². The van der Waals surface area contributed by atoms with E-state index in [1.165, 1.54) is 17.5 Å². The maximum absolute atomic E-state index is 12.1. The van der Waals surface area contributed by atoms with E-state index in [1.807, 2.05) is 20.8 Å². The van der Waals surface area contributed by atoms with E-state index < -0.39 is 0 Å². The first-order valence-electron chi connectivity index (χ1n) is 5.70. The lowest BCUT2D eigenvalue weighted by molar-refractivity contribution is 0.102. The number of amides is 1. The molecule has 0 aromatic carbocycles. The van der Waals surface area contributed by atoms with Crippen LogP contribution in [-0.4, -0.2) is 15.9 Å². The number of nitrogens with one attached hydrogen (secondary N) is 2. The summed E-state index contributed by atoms with van der Waals surface area (Å²) in [5.74, 6) is 5.12. The van der Waals surface area contributed by atoms with E-state index in [9.17, 15) is 4.79 Å². The van der Waals surface area contributed by atoms with Crippen LogP contribution in [0.1, 0.15) is 26.6 Å². The van der Waals surface area contributed by atoms with Crippen molar-refractivity contribution < 1.29 is 4.79 Å². The Balaban J connectivity index is 2.24. The monoisotopic (exact) mass is 277 g/mol. The van der Waals surface area contributed by atoms with Crippen molar-refractivity contribution in [2.45, 2.75) is 20.8 Å². The summed E-state index contributed by atoms with van der Waals surface area (Å²) in [6.07, 6.45) is 1.49. The molecule has 0 aliphatic heterocycles. The average molecular weight is 277 g/mol. The number of carbonyl (C=O) groups is 1. The second-order valence-corrected chi connectivity index (χ2v) is 5.33. The molecule has 0 saturated heterocycles. The predicted molar refractivity (Wildman–Crippen MR) is 76.3 cm³/mol. The minimum Gasteiger partial charge on any atom is -0.323 e. The van der Waals surface area contributed by atoms with E-state index in [2.05, 4.69) is 20.7 Å². The van der Waals surface area contributed by atoms with Gasteiger partial charge in [-0.1, -0.05) is 0 Å². The lowest BCUT2D eigenvalue weighted by atomic mass is 10.2. The summed E-state index contributed by atoms with van der Waals surface area (Å²) in [4.78, 5) is 21.6. The van der Waals surface area contributed by atoms with Crippen LogP contribution in [0.15, 0.2) is 12.3 Å². The van der Waals surface area contributed by atoms with Gasteiger partial charge in [0.2, 0.25) is 0 Å². The Morgan fingerprint density at radius 1 is 1.37 bits per heavy atom. The van der Waals surface area contributed by atoms with Gasteiger partial charge in [-0.3, -0.25) is 20.9 Å². The Bertz CT molecular complexity index is 603. The van der Waals surface area contributed by atoms with Gasteiger partial charge in [-0.05, 0) is 26.8 Å². The number of aryl methyl sites for hydroxylation is 3. The molecule has 6 nitrogen and oxygen atoms in total. The Hall–Kier alpha value is -1.99. The number of nitrogen functional groups attached to an aromatic ring is 1. The van der Waals surface area contributed by atoms with Gasteiger partial charge in [-0.15, -0.1) is 11.3 Å². The van der Waals surface area contributed by atoms with Crippen LogP contribution in [0.5, 0.6) is 0 Å². The molecule has 0 aliphatic carbocycles. The van der Waals surface area contributed by atoms with Crippen LogP contribution in [-0.2, 0) is 0 Å². The Labute approximate surface area is 115 Å². The fourth-order valence-corrected chi connectivity index (χ4v) is 2.36. The normalized spacial score (nSPS) is 10.3. The number of hydrazine groups is 1. The zero-order valence-corrected chi connectivity index (χ0v) is 11.8. The quantitative estimate of drug-likeness (QED) is 0.589. The maximum Gasteiger partial charge on any atom is 0.261 e. The minimum atomic E-state index is -0.283. The van der Waals surface area contributed by atoms with Crippen LogP contribution >= 0.6 is 11.3 Å². The summed E-state index contributed by atoms with van der Waals surface area (Å²) in [6.45, 7) is 5.70. The Kier molecular flexibility index (Phi) is 3.77. The molecule has 2 heterocycles. The minimum absolute atomic E-state index is 0.283. The molecule has 0 unspecified atom stereocenters. The zero-order valence-electron chi connectivity index (χ0n) is 10.9. The van der Waals surface area contributed by atoms with Crippen molar-refractivity contribution >= 4 is 28.1 Å². The van der Waals surface area contributed by atoms with E-state index in [-0.39, 0.29) is 5.91 Å². The molecule has 100 valence electrons. The lowest BCUT2D eigenvalue weighted by Gasteiger charge is -2.08. The summed E-state index contributed by atoms with van der Waals surface area (Å²) < 4.78 is 0. The van der Waals surface area contributed by atoms with Gasteiger partial charge < -0.3 is 5.43 Å². The van der Waals surface area contributed by atoms with Gasteiger partial charge in [0.25, 0.3) is 5.91 Å². The molecule has 0 aliphatic rings. The third kappa shape index (κ3) is 2.88. The molecule has 19 heavy (non-hydrogen) atoms. The molecule has 0 saturated carbocycles. The highest BCUT2D eigenvalue weighted by Crippen LogP contribution is 2.23. The summed E-state index contributed by atoms with van der Waals surface area (Å²) in [7, 11) is 0. The van der Waals surface area contributed by atoms with Crippen molar-refractivity contribution in [1.82, 2.24) is 9.97 Å². The summed E-state index contributed by atoms with van der Waals surface area (Å²) >= 11 is 1.44. The Morgan fingerprint density at radius 3 is 2.68 bits per heavy atom. The van der Waals surface area contributed by atoms with Crippen molar-refractivity contribution in [1.29, 1.82) is 0 Å². The number of hydrogen-bond donors (Lipinski definition) is 3. The molecule has 2 aromatic rings. The summed E-state index contributed by atoms with van der Waals surface area (Å²) in [5, 5.41) is 3.32. The summed E-state index contributed by atoms with van der Waals surface area (Å²) in [6, 6.07) is 1.72. The third-order valence-corrected chi connectivity index (χ3v) is 3.68. The third-order valence-electron chi connectivity index (χ3n) is 2.69. The van der Waals surface area contributed by atoms with E-state index in [1.54, 1.807) is 6.07 Å². The van der Waals surface area contributed by atoms with E-state index in [0.29, 0.717) is 16.4 Å². The molecule has 0 spiro atoms. The first-order chi connectivity index (χ1) is 9.01. The SMILES string of the molecule is Cc1cc(NN)c(C(=O)Nc2nc(C)c(C)s2)cn1. The molecule has 0 radical (unpaired) electrons. The molecule has 1 amide bonds. The van der Waals surface area contributed by atoms with Crippen molar-refractivity contribution in [3.05, 3.63) is 34.1 Å². The standard InChI is InChI=1S/C12H15N5OS/c1-6-4-10(17-13)9(5-14-6)11(18)16-12-15-7(2)8(3)19-12/h4-5H,13H2,1-3H3,(H,14,17)(H,15,16,18). The predicted octanol–water partition coefficient (Wildman–Crippen LogP) is 2.00. The van der Waals surface area contributed by atoms with E-state index in [4.69, 9.17) is 5.84 Å². The molecule has 2 rings (SSSR count). The van der Waals surface area contributed by atoms with Gasteiger partial charge in [0.1, 0.15) is 0 Å². The molecule has 4 N–H and O–H groups in total. The van der Waals surface area contributed by atoms with Gasteiger partial charge in [0.05, 0.1) is 16.9 Å². The van der Waals surface area contributed by atoms with Crippen LogP contribution in [0.3, 0.4) is 0 Å². The molecular weight excluding hydrogens is 262 g/mol. The van der Waals surface area contributed by atoms with Crippen molar-refractivity contribution in [2.24, 2.45) is 5.84 Å². The number of nitrogens with two attached hydrogens (primary N) is 1. The number of anilines is 2.